The van der Waals surface area contributed by atoms with Crippen LogP contribution in [0, 0.1) is 0 Å². The highest BCUT2D eigenvalue weighted by molar-refractivity contribution is 6.09. The second-order valence-corrected chi connectivity index (χ2v) is 12.8. The van der Waals surface area contributed by atoms with E-state index >= 15 is 0 Å². The summed E-state index contributed by atoms with van der Waals surface area (Å²) in [5.74, 6) is 0.298. The first-order valence-electron chi connectivity index (χ1n) is 16.2. The summed E-state index contributed by atoms with van der Waals surface area (Å²) in [6.07, 6.45) is 5.24. The summed E-state index contributed by atoms with van der Waals surface area (Å²) in [5.41, 5.74) is 5.77. The largest absolute Gasteiger partial charge is 0.482 e. The number of carbonyl (C=O) groups excluding carboxylic acids is 2. The number of rotatable bonds is 9. The molecule has 10 heteroatoms. The van der Waals surface area contributed by atoms with Gasteiger partial charge in [-0.05, 0) is 77.2 Å². The molecule has 5 aromatic rings. The fourth-order valence-corrected chi connectivity index (χ4v) is 5.63. The van der Waals surface area contributed by atoms with Crippen molar-refractivity contribution in [1.29, 1.82) is 0 Å². The number of fused-ring (bicyclic) bond motifs is 1. The third-order valence-electron chi connectivity index (χ3n) is 8.40. The molecule has 3 aromatic carbocycles. The van der Waals surface area contributed by atoms with Gasteiger partial charge in [0.05, 0.1) is 36.0 Å². The smallest absolute Gasteiger partial charge is 0.323 e. The van der Waals surface area contributed by atoms with Crippen LogP contribution in [-0.2, 0) is 27.8 Å². The van der Waals surface area contributed by atoms with E-state index in [9.17, 15) is 9.59 Å². The van der Waals surface area contributed by atoms with Crippen LogP contribution in [0.15, 0.2) is 91.3 Å². The molecule has 1 fully saturated rings. The fourth-order valence-electron chi connectivity index (χ4n) is 5.63. The number of carbonyl (C=O) groups is 2. The predicted molar refractivity (Wildman–Crippen MR) is 187 cm³/mol. The van der Waals surface area contributed by atoms with Crippen LogP contribution >= 0.6 is 0 Å². The van der Waals surface area contributed by atoms with Gasteiger partial charge in [-0.25, -0.2) is 4.79 Å². The first-order valence-corrected chi connectivity index (χ1v) is 16.2. The van der Waals surface area contributed by atoms with E-state index in [0.29, 0.717) is 43.4 Å². The molecule has 10 nitrogen and oxygen atoms in total. The molecule has 2 N–H and O–H groups in total. The number of hydrogen-bond donors (Lipinski definition) is 2. The fraction of sp³-hybridized carbons (Fsp3) is 0.289. The van der Waals surface area contributed by atoms with Crippen LogP contribution in [-0.4, -0.2) is 64.9 Å². The molecule has 0 unspecified atom stereocenters. The Morgan fingerprint density at radius 2 is 1.58 bits per heavy atom. The maximum absolute atomic E-state index is 13.5. The summed E-state index contributed by atoms with van der Waals surface area (Å²) in [4.78, 5) is 32.1. The van der Waals surface area contributed by atoms with Gasteiger partial charge in [0.25, 0.3) is 5.91 Å². The van der Waals surface area contributed by atoms with E-state index in [4.69, 9.17) is 9.47 Å². The van der Waals surface area contributed by atoms with Crippen LogP contribution in [0.1, 0.15) is 37.6 Å². The van der Waals surface area contributed by atoms with E-state index in [0.717, 1.165) is 46.1 Å². The molecule has 0 radical (unpaired) electrons. The van der Waals surface area contributed by atoms with Gasteiger partial charge in [-0.2, -0.15) is 10.2 Å². The van der Waals surface area contributed by atoms with E-state index in [1.54, 1.807) is 23.4 Å². The van der Waals surface area contributed by atoms with Gasteiger partial charge in [0.15, 0.2) is 6.61 Å². The van der Waals surface area contributed by atoms with Crippen LogP contribution < -0.4 is 15.4 Å². The third-order valence-corrected chi connectivity index (χ3v) is 8.40. The zero-order valence-electron chi connectivity index (χ0n) is 27.5. The van der Waals surface area contributed by atoms with Crippen LogP contribution in [0.2, 0.25) is 0 Å². The summed E-state index contributed by atoms with van der Waals surface area (Å²) < 4.78 is 11.3. The lowest BCUT2D eigenvalue weighted by atomic mass is 9.87. The normalized spacial score (nSPS) is 13.3. The van der Waals surface area contributed by atoms with E-state index in [1.165, 1.54) is 5.56 Å². The molecule has 2 aromatic heterocycles. The number of anilines is 2. The van der Waals surface area contributed by atoms with Gasteiger partial charge < -0.3 is 25.0 Å². The molecular formula is C38H40N6O4. The number of aryl methyl sites for hydroxylation is 2. The summed E-state index contributed by atoms with van der Waals surface area (Å²) >= 11 is 0. The van der Waals surface area contributed by atoms with Gasteiger partial charge in [-0.3, -0.25) is 9.78 Å². The molecule has 3 amide bonds. The molecule has 3 heterocycles. The molecule has 6 rings (SSSR count). The van der Waals surface area contributed by atoms with Gasteiger partial charge >= 0.3 is 6.03 Å². The van der Waals surface area contributed by atoms with Gasteiger partial charge in [0.2, 0.25) is 0 Å². The summed E-state index contributed by atoms with van der Waals surface area (Å²) in [6, 6.07) is 25.0. The average Bonchev–Trinajstić information content (AvgIpc) is 3.11. The van der Waals surface area contributed by atoms with Crippen molar-refractivity contribution in [3.63, 3.8) is 0 Å². The Balaban J connectivity index is 1.18. The van der Waals surface area contributed by atoms with Crippen molar-refractivity contribution in [2.75, 3.05) is 43.5 Å². The molecule has 0 saturated carbocycles. The number of nitrogens with zero attached hydrogens (tertiary/aromatic N) is 4. The van der Waals surface area contributed by atoms with Gasteiger partial charge in [0.1, 0.15) is 5.75 Å². The lowest BCUT2D eigenvalue weighted by molar-refractivity contribution is -0.137. The molecule has 0 aliphatic carbocycles. The van der Waals surface area contributed by atoms with Gasteiger partial charge in [-0.15, -0.1) is 0 Å². The molecule has 1 aliphatic heterocycles. The maximum Gasteiger partial charge on any atom is 0.323 e. The standard InChI is InChI=1S/C38H40N6O4/c1-38(2,3)27-9-15-35(48-25-36(45)44-20-22-47-23-21-44)34(24-27)41-37(46)40-32-14-12-31(29-6-4-5-7-30(29)32)33-13-11-28(42-43-33)10-8-26-16-18-39-19-17-26/h4-7,9,11-19,24H,8,10,20-23,25H2,1-3H3,(H2,40,41,46). The highest BCUT2D eigenvalue weighted by Gasteiger charge is 2.21. The first-order chi connectivity index (χ1) is 23.2. The SMILES string of the molecule is CC(C)(C)c1ccc(OCC(=O)N2CCOCC2)c(NC(=O)Nc2ccc(-c3ccc(CCc4ccncc4)nn3)c3ccccc23)c1. The number of benzene rings is 3. The van der Waals surface area contributed by atoms with Crippen molar-refractivity contribution in [2.45, 2.75) is 39.0 Å². The minimum Gasteiger partial charge on any atom is -0.482 e. The van der Waals surface area contributed by atoms with Crippen molar-refractivity contribution in [2.24, 2.45) is 0 Å². The summed E-state index contributed by atoms with van der Waals surface area (Å²) in [6.45, 7) is 8.27. The first kappa shape index (κ1) is 32.6. The number of ether oxygens (including phenoxy) is 2. The lowest BCUT2D eigenvalue weighted by Gasteiger charge is -2.27. The van der Waals surface area contributed by atoms with Crippen LogP contribution in [0.25, 0.3) is 22.0 Å². The van der Waals surface area contributed by atoms with E-state index < -0.39 is 6.03 Å². The zero-order valence-corrected chi connectivity index (χ0v) is 27.5. The van der Waals surface area contributed by atoms with Crippen molar-refractivity contribution in [1.82, 2.24) is 20.1 Å². The number of aromatic nitrogens is 3. The zero-order chi connectivity index (χ0) is 33.5. The Bertz CT molecular complexity index is 1880. The Morgan fingerprint density at radius 3 is 2.31 bits per heavy atom. The molecule has 0 atom stereocenters. The minimum absolute atomic E-state index is 0.121. The number of amides is 3. The second kappa shape index (κ2) is 14.6. The minimum atomic E-state index is -0.429. The summed E-state index contributed by atoms with van der Waals surface area (Å²) in [7, 11) is 0. The number of pyridine rings is 1. The topological polar surface area (TPSA) is 119 Å². The third kappa shape index (κ3) is 7.95. The molecule has 0 spiro atoms. The monoisotopic (exact) mass is 644 g/mol. The second-order valence-electron chi connectivity index (χ2n) is 12.8. The molecule has 246 valence electrons. The van der Waals surface area contributed by atoms with E-state index in [-0.39, 0.29) is 17.9 Å². The number of urea groups is 1. The molecule has 48 heavy (non-hydrogen) atoms. The van der Waals surface area contributed by atoms with Crippen LogP contribution in [0.4, 0.5) is 16.2 Å². The highest BCUT2D eigenvalue weighted by atomic mass is 16.5. The number of nitrogens with one attached hydrogen (secondary N) is 2. The quantitative estimate of drug-likeness (QED) is 0.184. The number of morpholine rings is 1. The van der Waals surface area contributed by atoms with E-state index in [2.05, 4.69) is 46.6 Å². The van der Waals surface area contributed by atoms with Crippen molar-refractivity contribution in [3.05, 3.63) is 108 Å². The Kier molecular flexibility index (Phi) is 9.91. The Labute approximate surface area is 280 Å². The van der Waals surface area contributed by atoms with Crippen molar-refractivity contribution < 1.29 is 19.1 Å². The molecular weight excluding hydrogens is 604 g/mol. The Morgan fingerprint density at radius 1 is 0.833 bits per heavy atom. The van der Waals surface area contributed by atoms with Crippen LogP contribution in [0.3, 0.4) is 0 Å². The van der Waals surface area contributed by atoms with Gasteiger partial charge in [-0.1, -0.05) is 57.2 Å². The van der Waals surface area contributed by atoms with E-state index in [1.807, 2.05) is 72.8 Å². The summed E-state index contributed by atoms with van der Waals surface area (Å²) in [5, 5.41) is 16.8. The van der Waals surface area contributed by atoms with Gasteiger partial charge in [0, 0.05) is 36.4 Å². The maximum atomic E-state index is 13.5. The molecule has 1 aliphatic rings. The highest BCUT2D eigenvalue weighted by Crippen LogP contribution is 2.34. The number of hydrogen-bond acceptors (Lipinski definition) is 7. The molecule has 1 saturated heterocycles. The predicted octanol–water partition coefficient (Wildman–Crippen LogP) is 6.66. The molecule has 0 bridgehead atoms. The van der Waals surface area contributed by atoms with Crippen LogP contribution in [0.5, 0.6) is 5.75 Å². The average molecular weight is 645 g/mol. The van der Waals surface area contributed by atoms with Crippen molar-refractivity contribution in [3.8, 4) is 17.0 Å². The van der Waals surface area contributed by atoms with Crippen molar-refractivity contribution >= 4 is 34.1 Å². The lowest BCUT2D eigenvalue weighted by Crippen LogP contribution is -2.43. The Hall–Kier alpha value is -5.35.